The van der Waals surface area contributed by atoms with Crippen LogP contribution in [-0.2, 0) is 21.2 Å². The number of rotatable bonds is 8. The lowest BCUT2D eigenvalue weighted by Crippen LogP contribution is -2.35. The van der Waals surface area contributed by atoms with Gasteiger partial charge in [0.25, 0.3) is 0 Å². The fourth-order valence-corrected chi connectivity index (χ4v) is 5.49. The molecule has 0 aromatic heterocycles. The zero-order chi connectivity index (χ0) is 24.0. The molecular weight excluding hydrogens is 452 g/mol. The van der Waals surface area contributed by atoms with Gasteiger partial charge in [0.15, 0.2) is 5.75 Å². The Balaban J connectivity index is 1.64. The highest BCUT2D eigenvalue weighted by Gasteiger charge is 2.27. The van der Waals surface area contributed by atoms with Crippen LogP contribution in [0.25, 0.3) is 0 Å². The number of amides is 1. The molecule has 8 heteroatoms. The summed E-state index contributed by atoms with van der Waals surface area (Å²) in [7, 11) is -2.12. The monoisotopic (exact) mass is 480 g/mol. The summed E-state index contributed by atoms with van der Waals surface area (Å²) < 4.78 is 39.3. The van der Waals surface area contributed by atoms with E-state index in [9.17, 15) is 13.2 Å². The Hall–Kier alpha value is -3.36. The molecule has 0 saturated carbocycles. The van der Waals surface area contributed by atoms with Gasteiger partial charge in [0.1, 0.15) is 11.5 Å². The van der Waals surface area contributed by atoms with E-state index in [4.69, 9.17) is 9.47 Å². The Bertz CT molecular complexity index is 1240. The largest absolute Gasteiger partial charge is 0.496 e. The molecule has 0 radical (unpaired) electrons. The first-order chi connectivity index (χ1) is 16.5. The van der Waals surface area contributed by atoms with E-state index in [-0.39, 0.29) is 17.2 Å². The van der Waals surface area contributed by atoms with E-state index in [1.807, 2.05) is 36.4 Å². The summed E-state index contributed by atoms with van der Waals surface area (Å²) in [5.74, 6) is 1.24. The standard InChI is InChI=1S/C26H28N2O5S/c1-32-24-13-7-6-10-20(24)18-26(29)27-23-19-22(34(30,31)28-16-8-3-9-17-28)14-15-25(23)33-21-11-4-2-5-12-21/h2,4-7,10-15,19H,3,8-9,16-18H2,1H3,(H,27,29). The number of carbonyl (C=O) groups excluding carboxylic acids is 1. The normalized spacial score (nSPS) is 14.4. The smallest absolute Gasteiger partial charge is 0.243 e. The summed E-state index contributed by atoms with van der Waals surface area (Å²) in [5.41, 5.74) is 1.02. The molecule has 0 bridgehead atoms. The molecular formula is C26H28N2O5S. The van der Waals surface area contributed by atoms with Gasteiger partial charge in [0, 0.05) is 18.7 Å². The number of piperidine rings is 1. The maximum atomic E-state index is 13.2. The van der Waals surface area contributed by atoms with Crippen molar-refractivity contribution in [2.24, 2.45) is 0 Å². The van der Waals surface area contributed by atoms with Crippen LogP contribution in [0.5, 0.6) is 17.2 Å². The number of methoxy groups -OCH3 is 1. The summed E-state index contributed by atoms with van der Waals surface area (Å²) in [6, 6.07) is 21.0. The van der Waals surface area contributed by atoms with Crippen LogP contribution < -0.4 is 14.8 Å². The van der Waals surface area contributed by atoms with Gasteiger partial charge in [-0.05, 0) is 49.2 Å². The Labute approximate surface area is 200 Å². The first kappa shape index (κ1) is 23.8. The van der Waals surface area contributed by atoms with Crippen LogP contribution in [0.3, 0.4) is 0 Å². The third kappa shape index (κ3) is 5.58. The number of sulfonamides is 1. The molecule has 1 N–H and O–H groups in total. The second kappa shape index (κ2) is 10.7. The second-order valence-electron chi connectivity index (χ2n) is 8.07. The van der Waals surface area contributed by atoms with Crippen LogP contribution in [-0.4, -0.2) is 38.8 Å². The van der Waals surface area contributed by atoms with E-state index < -0.39 is 10.0 Å². The summed E-state index contributed by atoms with van der Waals surface area (Å²) >= 11 is 0. The number of nitrogens with one attached hydrogen (secondary N) is 1. The zero-order valence-corrected chi connectivity index (χ0v) is 19.9. The zero-order valence-electron chi connectivity index (χ0n) is 19.1. The third-order valence-electron chi connectivity index (χ3n) is 5.69. The maximum Gasteiger partial charge on any atom is 0.243 e. The summed E-state index contributed by atoms with van der Waals surface area (Å²) in [5, 5.41) is 2.84. The van der Waals surface area contributed by atoms with Crippen molar-refractivity contribution in [2.75, 3.05) is 25.5 Å². The average Bonchev–Trinajstić information content (AvgIpc) is 2.86. The lowest BCUT2D eigenvalue weighted by atomic mass is 10.1. The summed E-state index contributed by atoms with van der Waals surface area (Å²) in [4.78, 5) is 13.1. The van der Waals surface area contributed by atoms with Gasteiger partial charge in [0.05, 0.1) is 24.1 Å². The highest BCUT2D eigenvalue weighted by molar-refractivity contribution is 7.89. The third-order valence-corrected chi connectivity index (χ3v) is 7.59. The highest BCUT2D eigenvalue weighted by Crippen LogP contribution is 2.33. The number of para-hydroxylation sites is 2. The number of anilines is 1. The van der Waals surface area contributed by atoms with Gasteiger partial charge in [-0.2, -0.15) is 4.31 Å². The molecule has 0 unspecified atom stereocenters. The van der Waals surface area contributed by atoms with E-state index in [2.05, 4.69) is 5.32 Å². The van der Waals surface area contributed by atoms with Crippen LogP contribution in [0.2, 0.25) is 0 Å². The molecule has 1 amide bonds. The molecule has 0 atom stereocenters. The van der Waals surface area contributed by atoms with Crippen LogP contribution in [0.15, 0.2) is 77.7 Å². The number of hydrogen-bond acceptors (Lipinski definition) is 5. The second-order valence-corrected chi connectivity index (χ2v) is 10.0. The summed E-state index contributed by atoms with van der Waals surface area (Å²) in [6.45, 7) is 1.00. The Morgan fingerprint density at radius 2 is 1.62 bits per heavy atom. The lowest BCUT2D eigenvalue weighted by Gasteiger charge is -2.26. The fraction of sp³-hybridized carbons (Fsp3) is 0.269. The molecule has 178 valence electrons. The molecule has 1 saturated heterocycles. The predicted octanol–water partition coefficient (Wildman–Crippen LogP) is 4.84. The minimum absolute atomic E-state index is 0.0674. The number of ether oxygens (including phenoxy) is 2. The molecule has 34 heavy (non-hydrogen) atoms. The van der Waals surface area contributed by atoms with Crippen molar-refractivity contribution >= 4 is 21.6 Å². The van der Waals surface area contributed by atoms with Crippen molar-refractivity contribution in [2.45, 2.75) is 30.6 Å². The van der Waals surface area contributed by atoms with Crippen LogP contribution in [0, 0.1) is 0 Å². The van der Waals surface area contributed by atoms with Crippen LogP contribution in [0.1, 0.15) is 24.8 Å². The number of hydrogen-bond donors (Lipinski definition) is 1. The van der Waals surface area contributed by atoms with Crippen molar-refractivity contribution in [3.05, 3.63) is 78.4 Å². The summed E-state index contributed by atoms with van der Waals surface area (Å²) in [6.07, 6.45) is 2.78. The molecule has 3 aromatic carbocycles. The molecule has 4 rings (SSSR count). The van der Waals surface area contributed by atoms with E-state index >= 15 is 0 Å². The fourth-order valence-electron chi connectivity index (χ4n) is 3.94. The van der Waals surface area contributed by atoms with Gasteiger partial charge in [-0.1, -0.05) is 42.8 Å². The van der Waals surface area contributed by atoms with Gasteiger partial charge in [-0.25, -0.2) is 8.42 Å². The van der Waals surface area contributed by atoms with Crippen molar-refractivity contribution in [3.63, 3.8) is 0 Å². The van der Waals surface area contributed by atoms with Crippen molar-refractivity contribution in [1.82, 2.24) is 4.31 Å². The lowest BCUT2D eigenvalue weighted by molar-refractivity contribution is -0.115. The molecule has 3 aromatic rings. The molecule has 1 heterocycles. The molecule has 1 aliphatic heterocycles. The molecule has 1 fully saturated rings. The number of benzene rings is 3. The Morgan fingerprint density at radius 1 is 0.912 bits per heavy atom. The van der Waals surface area contributed by atoms with Gasteiger partial charge in [-0.15, -0.1) is 0 Å². The number of carbonyl (C=O) groups is 1. The van der Waals surface area contributed by atoms with Crippen molar-refractivity contribution in [3.8, 4) is 17.2 Å². The Kier molecular flexibility index (Phi) is 7.49. The van der Waals surface area contributed by atoms with Gasteiger partial charge < -0.3 is 14.8 Å². The predicted molar refractivity (Wildman–Crippen MR) is 131 cm³/mol. The minimum atomic E-state index is -3.67. The average molecular weight is 481 g/mol. The topological polar surface area (TPSA) is 84.9 Å². The van der Waals surface area contributed by atoms with Crippen LogP contribution in [0.4, 0.5) is 5.69 Å². The maximum absolute atomic E-state index is 13.2. The van der Waals surface area contributed by atoms with E-state index in [1.54, 1.807) is 31.4 Å². The highest BCUT2D eigenvalue weighted by atomic mass is 32.2. The van der Waals surface area contributed by atoms with Gasteiger partial charge >= 0.3 is 0 Å². The van der Waals surface area contributed by atoms with E-state index in [0.29, 0.717) is 36.0 Å². The van der Waals surface area contributed by atoms with Crippen LogP contribution >= 0.6 is 0 Å². The Morgan fingerprint density at radius 3 is 2.35 bits per heavy atom. The van der Waals surface area contributed by atoms with Gasteiger partial charge in [-0.3, -0.25) is 4.79 Å². The van der Waals surface area contributed by atoms with E-state index in [1.165, 1.54) is 16.4 Å². The van der Waals surface area contributed by atoms with Crippen molar-refractivity contribution in [1.29, 1.82) is 0 Å². The quantitative estimate of drug-likeness (QED) is 0.499. The molecule has 0 spiro atoms. The molecule has 0 aliphatic carbocycles. The molecule has 1 aliphatic rings. The first-order valence-corrected chi connectivity index (χ1v) is 12.7. The first-order valence-electron chi connectivity index (χ1n) is 11.3. The SMILES string of the molecule is COc1ccccc1CC(=O)Nc1cc(S(=O)(=O)N2CCCCC2)ccc1Oc1ccccc1. The van der Waals surface area contributed by atoms with Gasteiger partial charge in [0.2, 0.25) is 15.9 Å². The number of nitrogens with zero attached hydrogens (tertiary/aromatic N) is 1. The minimum Gasteiger partial charge on any atom is -0.496 e. The van der Waals surface area contributed by atoms with Crippen molar-refractivity contribution < 1.29 is 22.7 Å². The van der Waals surface area contributed by atoms with E-state index in [0.717, 1.165) is 24.8 Å². The molecule has 7 nitrogen and oxygen atoms in total.